The zero-order valence-corrected chi connectivity index (χ0v) is 17.7. The predicted molar refractivity (Wildman–Crippen MR) is 119 cm³/mol. The quantitative estimate of drug-likeness (QED) is 0.574. The van der Waals surface area contributed by atoms with Crippen LogP contribution in [0.2, 0.25) is 0 Å². The van der Waals surface area contributed by atoms with E-state index in [2.05, 4.69) is 47.4 Å². The van der Waals surface area contributed by atoms with Crippen LogP contribution in [0.3, 0.4) is 0 Å². The molecule has 1 saturated heterocycles. The normalized spacial score (nSPS) is 16.9. The van der Waals surface area contributed by atoms with Gasteiger partial charge in [-0.1, -0.05) is 54.6 Å². The van der Waals surface area contributed by atoms with E-state index in [1.54, 1.807) is 0 Å². The summed E-state index contributed by atoms with van der Waals surface area (Å²) in [5.74, 6) is 0.728. The lowest BCUT2D eigenvalue weighted by atomic mass is 10.00. The first kappa shape index (κ1) is 20.2. The first-order chi connectivity index (χ1) is 15.3. The second-order valence-corrected chi connectivity index (χ2v) is 8.08. The molecule has 0 radical (unpaired) electrons. The summed E-state index contributed by atoms with van der Waals surface area (Å²) in [5, 5.41) is 0. The molecule has 0 atom stereocenters. The van der Waals surface area contributed by atoms with E-state index >= 15 is 0 Å². The lowest BCUT2D eigenvalue weighted by molar-refractivity contribution is -0.0493. The summed E-state index contributed by atoms with van der Waals surface area (Å²) in [6.45, 7) is 4.75. The minimum atomic E-state index is -0.451. The molecule has 0 spiro atoms. The van der Waals surface area contributed by atoms with Crippen LogP contribution >= 0.6 is 0 Å². The standard InChI is InChI=1S/C26H28N2O3/c1-2-6-20(7-3-1)19-31-24-11-10-23(27-25(24)26-29-16-17-30-26)13-15-28-14-12-21-8-4-5-9-22(21)18-28/h1-11,26H,12-19H2. The SMILES string of the molecule is c1ccc(COc2ccc(CCN3CCc4ccccc4C3)nc2C2OCCO2)cc1. The summed E-state index contributed by atoms with van der Waals surface area (Å²) in [7, 11) is 0. The molecule has 0 amide bonds. The van der Waals surface area contributed by atoms with Gasteiger partial charge in [-0.25, -0.2) is 4.98 Å². The van der Waals surface area contributed by atoms with Gasteiger partial charge in [-0.05, 0) is 35.2 Å². The molecule has 2 aromatic carbocycles. The largest absolute Gasteiger partial charge is 0.487 e. The number of aromatic nitrogens is 1. The number of fused-ring (bicyclic) bond motifs is 1. The third-order valence-corrected chi connectivity index (χ3v) is 5.92. The Bertz CT molecular complexity index is 1000. The van der Waals surface area contributed by atoms with Crippen molar-refractivity contribution in [1.29, 1.82) is 0 Å². The van der Waals surface area contributed by atoms with E-state index in [-0.39, 0.29) is 0 Å². The van der Waals surface area contributed by atoms with Crippen LogP contribution in [-0.4, -0.2) is 36.2 Å². The fourth-order valence-electron chi connectivity index (χ4n) is 4.20. The number of benzene rings is 2. The number of pyridine rings is 1. The minimum absolute atomic E-state index is 0.451. The smallest absolute Gasteiger partial charge is 0.205 e. The van der Waals surface area contributed by atoms with E-state index < -0.39 is 6.29 Å². The number of hydrogen-bond donors (Lipinski definition) is 0. The van der Waals surface area contributed by atoms with Crippen LogP contribution in [0.1, 0.15) is 34.4 Å². The highest BCUT2D eigenvalue weighted by Gasteiger charge is 2.25. The highest BCUT2D eigenvalue weighted by Crippen LogP contribution is 2.31. The van der Waals surface area contributed by atoms with Crippen LogP contribution in [0.25, 0.3) is 0 Å². The van der Waals surface area contributed by atoms with Gasteiger partial charge in [-0.15, -0.1) is 0 Å². The molecule has 3 heterocycles. The maximum atomic E-state index is 6.09. The van der Waals surface area contributed by atoms with Crippen molar-refractivity contribution in [2.45, 2.75) is 32.3 Å². The Hall–Kier alpha value is -2.73. The van der Waals surface area contributed by atoms with Gasteiger partial charge in [0.25, 0.3) is 0 Å². The van der Waals surface area contributed by atoms with Gasteiger partial charge >= 0.3 is 0 Å². The Morgan fingerprint density at radius 1 is 0.903 bits per heavy atom. The minimum Gasteiger partial charge on any atom is -0.487 e. The number of ether oxygens (including phenoxy) is 3. The van der Waals surface area contributed by atoms with Crippen molar-refractivity contribution in [3.63, 3.8) is 0 Å². The molecular formula is C26H28N2O3. The van der Waals surface area contributed by atoms with Crippen molar-refractivity contribution < 1.29 is 14.2 Å². The second kappa shape index (κ2) is 9.60. The Morgan fingerprint density at radius 2 is 1.68 bits per heavy atom. The molecule has 2 aliphatic rings. The van der Waals surface area contributed by atoms with Crippen LogP contribution < -0.4 is 4.74 Å². The first-order valence-electron chi connectivity index (χ1n) is 11.0. The molecule has 31 heavy (non-hydrogen) atoms. The zero-order valence-electron chi connectivity index (χ0n) is 17.7. The predicted octanol–water partition coefficient (Wildman–Crippen LogP) is 4.31. The molecule has 5 heteroatoms. The topological polar surface area (TPSA) is 43.8 Å². The van der Waals surface area contributed by atoms with Gasteiger partial charge in [-0.3, -0.25) is 4.90 Å². The lowest BCUT2D eigenvalue weighted by Gasteiger charge is -2.28. The van der Waals surface area contributed by atoms with Crippen LogP contribution in [0, 0.1) is 0 Å². The number of rotatable bonds is 7. The molecule has 5 rings (SSSR count). The van der Waals surface area contributed by atoms with Gasteiger partial charge in [0.1, 0.15) is 18.1 Å². The molecule has 0 N–H and O–H groups in total. The first-order valence-corrected chi connectivity index (χ1v) is 11.0. The highest BCUT2D eigenvalue weighted by molar-refractivity contribution is 5.32. The van der Waals surface area contributed by atoms with Crippen molar-refractivity contribution >= 4 is 0 Å². The van der Waals surface area contributed by atoms with E-state index in [0.29, 0.717) is 19.8 Å². The molecule has 2 aliphatic heterocycles. The van der Waals surface area contributed by atoms with Gasteiger partial charge in [0.15, 0.2) is 0 Å². The van der Waals surface area contributed by atoms with E-state index in [1.165, 1.54) is 11.1 Å². The molecule has 5 nitrogen and oxygen atoms in total. The maximum Gasteiger partial charge on any atom is 0.205 e. The summed E-state index contributed by atoms with van der Waals surface area (Å²) >= 11 is 0. The van der Waals surface area contributed by atoms with Gasteiger partial charge in [0, 0.05) is 31.7 Å². The van der Waals surface area contributed by atoms with Gasteiger partial charge in [0.05, 0.1) is 13.2 Å². The Morgan fingerprint density at radius 3 is 2.52 bits per heavy atom. The molecule has 0 aliphatic carbocycles. The lowest BCUT2D eigenvalue weighted by Crippen LogP contribution is -2.32. The fourth-order valence-corrected chi connectivity index (χ4v) is 4.20. The van der Waals surface area contributed by atoms with Crippen molar-refractivity contribution in [3.8, 4) is 5.75 Å². The monoisotopic (exact) mass is 416 g/mol. The van der Waals surface area contributed by atoms with Crippen molar-refractivity contribution in [3.05, 3.63) is 94.8 Å². The van der Waals surface area contributed by atoms with Crippen LogP contribution in [0.4, 0.5) is 0 Å². The molecule has 0 bridgehead atoms. The maximum absolute atomic E-state index is 6.09. The van der Waals surface area contributed by atoms with E-state index in [4.69, 9.17) is 19.2 Å². The van der Waals surface area contributed by atoms with E-state index in [0.717, 1.165) is 55.2 Å². The average molecular weight is 417 g/mol. The van der Waals surface area contributed by atoms with E-state index in [9.17, 15) is 0 Å². The van der Waals surface area contributed by atoms with Crippen LogP contribution in [0.15, 0.2) is 66.7 Å². The van der Waals surface area contributed by atoms with Gasteiger partial charge < -0.3 is 14.2 Å². The third-order valence-electron chi connectivity index (χ3n) is 5.92. The van der Waals surface area contributed by atoms with Crippen LogP contribution in [-0.2, 0) is 35.5 Å². The number of nitrogens with zero attached hydrogens (tertiary/aromatic N) is 2. The summed E-state index contributed by atoms with van der Waals surface area (Å²) in [6, 6.07) is 23.0. The van der Waals surface area contributed by atoms with Gasteiger partial charge in [0.2, 0.25) is 6.29 Å². The third kappa shape index (κ3) is 4.96. The molecule has 160 valence electrons. The second-order valence-electron chi connectivity index (χ2n) is 8.08. The van der Waals surface area contributed by atoms with E-state index in [1.807, 2.05) is 24.3 Å². The average Bonchev–Trinajstić information content (AvgIpc) is 3.37. The number of hydrogen-bond acceptors (Lipinski definition) is 5. The summed E-state index contributed by atoms with van der Waals surface area (Å²) in [4.78, 5) is 7.40. The molecule has 1 fully saturated rings. The Kier molecular flexibility index (Phi) is 6.25. The summed E-state index contributed by atoms with van der Waals surface area (Å²) in [5.41, 5.74) is 5.83. The molecular weight excluding hydrogens is 388 g/mol. The van der Waals surface area contributed by atoms with Gasteiger partial charge in [-0.2, -0.15) is 0 Å². The summed E-state index contributed by atoms with van der Waals surface area (Å²) in [6.07, 6.45) is 1.55. The zero-order chi connectivity index (χ0) is 20.9. The highest BCUT2D eigenvalue weighted by atomic mass is 16.7. The Labute approximate surface area is 183 Å². The molecule has 0 unspecified atom stereocenters. The molecule has 3 aromatic rings. The molecule has 1 aromatic heterocycles. The Balaban J connectivity index is 1.26. The van der Waals surface area contributed by atoms with Crippen molar-refractivity contribution in [2.24, 2.45) is 0 Å². The van der Waals surface area contributed by atoms with Crippen LogP contribution in [0.5, 0.6) is 5.75 Å². The van der Waals surface area contributed by atoms with Crippen molar-refractivity contribution in [1.82, 2.24) is 9.88 Å². The molecule has 0 saturated carbocycles. The van der Waals surface area contributed by atoms with Crippen molar-refractivity contribution in [2.75, 3.05) is 26.3 Å². The summed E-state index contributed by atoms with van der Waals surface area (Å²) < 4.78 is 17.6. The fraction of sp³-hybridized carbons (Fsp3) is 0.346.